The van der Waals surface area contributed by atoms with E-state index in [0.717, 1.165) is 37.0 Å². The number of hydrogen-bond donors (Lipinski definition) is 3. The molecule has 1 heterocycles. The fourth-order valence-electron chi connectivity index (χ4n) is 2.64. The zero-order valence-electron chi connectivity index (χ0n) is 14.8. The normalized spacial score (nSPS) is 10.9. The van der Waals surface area contributed by atoms with Crippen molar-refractivity contribution in [2.75, 3.05) is 18.9 Å². The highest BCUT2D eigenvalue weighted by Gasteiger charge is 2.16. The molecule has 0 aliphatic rings. The quantitative estimate of drug-likeness (QED) is 0.415. The number of unbranched alkanes of at least 4 members (excludes halogenated alkanes) is 3. The van der Waals surface area contributed by atoms with E-state index in [9.17, 15) is 9.18 Å². The summed E-state index contributed by atoms with van der Waals surface area (Å²) in [6, 6.07) is 7.72. The fraction of sp³-hybridized carbons (Fsp3) is 0.474. The van der Waals surface area contributed by atoms with Crippen molar-refractivity contribution in [3.05, 3.63) is 41.8 Å². The van der Waals surface area contributed by atoms with E-state index in [-0.39, 0.29) is 18.3 Å². The Bertz CT molecular complexity index is 689. The van der Waals surface area contributed by atoms with Gasteiger partial charge in [0.05, 0.1) is 5.69 Å². The van der Waals surface area contributed by atoms with Crippen molar-refractivity contribution in [3.63, 3.8) is 0 Å². The molecule has 5 nitrogen and oxygen atoms in total. The molecule has 1 amide bonds. The Morgan fingerprint density at radius 3 is 2.58 bits per heavy atom. The molecule has 0 aliphatic carbocycles. The molecule has 26 heavy (non-hydrogen) atoms. The maximum atomic E-state index is 13.1. The number of carbonyl (C=O) groups excluding carboxylic acids is 1. The lowest BCUT2D eigenvalue weighted by atomic mass is 10.1. The maximum Gasteiger partial charge on any atom is 0.269 e. The van der Waals surface area contributed by atoms with Crippen LogP contribution < -0.4 is 5.32 Å². The van der Waals surface area contributed by atoms with Gasteiger partial charge in [-0.3, -0.25) is 9.48 Å². The van der Waals surface area contributed by atoms with Crippen molar-refractivity contribution in [1.29, 1.82) is 0 Å². The van der Waals surface area contributed by atoms with Crippen molar-refractivity contribution in [2.24, 2.45) is 0 Å². The van der Waals surface area contributed by atoms with Gasteiger partial charge in [0.2, 0.25) is 0 Å². The number of aliphatic hydroxyl groups excluding tert-OH is 1. The van der Waals surface area contributed by atoms with Gasteiger partial charge in [-0.2, -0.15) is 17.7 Å². The number of aromatic nitrogens is 2. The number of hydrogen-bond acceptors (Lipinski definition) is 4. The summed E-state index contributed by atoms with van der Waals surface area (Å²) in [6.07, 6.45) is 4.70. The number of thiol groups is 1. The summed E-state index contributed by atoms with van der Waals surface area (Å²) < 4.78 is 14.7. The molecule has 142 valence electrons. The predicted molar refractivity (Wildman–Crippen MR) is 104 cm³/mol. The zero-order valence-corrected chi connectivity index (χ0v) is 15.7. The summed E-state index contributed by atoms with van der Waals surface area (Å²) in [7, 11) is 0. The molecule has 2 N–H and O–H groups in total. The van der Waals surface area contributed by atoms with Crippen molar-refractivity contribution in [3.8, 4) is 11.3 Å². The average Bonchev–Trinajstić information content (AvgIpc) is 3.07. The Morgan fingerprint density at radius 2 is 1.88 bits per heavy atom. The third-order valence-electron chi connectivity index (χ3n) is 4.05. The summed E-state index contributed by atoms with van der Waals surface area (Å²) in [5, 5.41) is 16.4. The maximum absolute atomic E-state index is 13.1. The molecule has 2 rings (SSSR count). The van der Waals surface area contributed by atoms with E-state index in [2.05, 4.69) is 23.0 Å². The Labute approximate surface area is 159 Å². The number of nitrogens with zero attached hydrogens (tertiary/aromatic N) is 2. The van der Waals surface area contributed by atoms with E-state index < -0.39 is 0 Å². The van der Waals surface area contributed by atoms with Gasteiger partial charge in [0.1, 0.15) is 11.5 Å². The molecular weight excluding hydrogens is 353 g/mol. The monoisotopic (exact) mass is 379 g/mol. The van der Waals surface area contributed by atoms with Crippen LogP contribution in [0.3, 0.4) is 0 Å². The lowest BCUT2D eigenvalue weighted by Gasteiger charge is -2.07. The standard InChI is InChI=1S/C19H26FN3O2S/c20-16-8-6-15(7-9-16)17-14-18(23(22-17)11-5-12-24)19(25)21-10-3-1-2-4-13-26/h6-9,14,24,26H,1-5,10-13H2,(H,21,25). The largest absolute Gasteiger partial charge is 0.396 e. The molecule has 1 aromatic heterocycles. The molecular formula is C19H26FN3O2S. The van der Waals surface area contributed by atoms with Crippen LogP contribution in [0.15, 0.2) is 30.3 Å². The summed E-state index contributed by atoms with van der Waals surface area (Å²) in [5.41, 5.74) is 1.81. The smallest absolute Gasteiger partial charge is 0.269 e. The lowest BCUT2D eigenvalue weighted by molar-refractivity contribution is 0.0941. The average molecular weight is 380 g/mol. The number of benzene rings is 1. The van der Waals surface area contributed by atoms with E-state index in [1.807, 2.05) is 0 Å². The van der Waals surface area contributed by atoms with Crippen molar-refractivity contribution < 1.29 is 14.3 Å². The highest BCUT2D eigenvalue weighted by atomic mass is 32.1. The van der Waals surface area contributed by atoms with Gasteiger partial charge in [-0.1, -0.05) is 12.8 Å². The van der Waals surface area contributed by atoms with Gasteiger partial charge < -0.3 is 10.4 Å². The molecule has 0 unspecified atom stereocenters. The second-order valence-corrected chi connectivity index (χ2v) is 6.56. The van der Waals surface area contributed by atoms with E-state index in [1.165, 1.54) is 12.1 Å². The molecule has 2 aromatic rings. The van der Waals surface area contributed by atoms with E-state index in [1.54, 1.807) is 22.9 Å². The van der Waals surface area contributed by atoms with Gasteiger partial charge in [0.25, 0.3) is 5.91 Å². The minimum Gasteiger partial charge on any atom is -0.396 e. The van der Waals surface area contributed by atoms with Gasteiger partial charge in [0.15, 0.2) is 0 Å². The van der Waals surface area contributed by atoms with E-state index in [0.29, 0.717) is 30.9 Å². The van der Waals surface area contributed by atoms with Crippen molar-refractivity contribution >= 4 is 18.5 Å². The van der Waals surface area contributed by atoms with Crippen LogP contribution in [0, 0.1) is 5.82 Å². The summed E-state index contributed by atoms with van der Waals surface area (Å²) in [6.45, 7) is 1.09. The Kier molecular flexibility index (Phi) is 8.64. The van der Waals surface area contributed by atoms with Gasteiger partial charge >= 0.3 is 0 Å². The third-order valence-corrected chi connectivity index (χ3v) is 4.37. The molecule has 0 radical (unpaired) electrons. The summed E-state index contributed by atoms with van der Waals surface area (Å²) >= 11 is 4.19. The molecule has 7 heteroatoms. The first kappa shape index (κ1) is 20.5. The first-order chi connectivity index (χ1) is 12.7. The Hall–Kier alpha value is -1.86. The van der Waals surface area contributed by atoms with Crippen LogP contribution in [-0.2, 0) is 6.54 Å². The first-order valence-electron chi connectivity index (χ1n) is 8.99. The topological polar surface area (TPSA) is 67.2 Å². The number of amides is 1. The van der Waals surface area contributed by atoms with Gasteiger partial charge in [-0.05, 0) is 55.3 Å². The number of aryl methyl sites for hydroxylation is 1. The number of aliphatic hydroxyl groups is 1. The van der Waals surface area contributed by atoms with Gasteiger partial charge in [0, 0.05) is 25.3 Å². The molecule has 0 saturated carbocycles. The molecule has 1 aromatic carbocycles. The van der Waals surface area contributed by atoms with Gasteiger partial charge in [-0.25, -0.2) is 4.39 Å². The SMILES string of the molecule is O=C(NCCCCCCS)c1cc(-c2ccc(F)cc2)nn1CCCO. The second kappa shape index (κ2) is 11.0. The van der Waals surface area contributed by atoms with Crippen LogP contribution in [0.4, 0.5) is 4.39 Å². The Balaban J connectivity index is 2.04. The van der Waals surface area contributed by atoms with E-state index in [4.69, 9.17) is 5.11 Å². The molecule has 0 saturated heterocycles. The predicted octanol–water partition coefficient (Wildman–Crippen LogP) is 3.29. The number of carbonyl (C=O) groups is 1. The summed E-state index contributed by atoms with van der Waals surface area (Å²) in [5.74, 6) is 0.394. The van der Waals surface area contributed by atoms with Crippen LogP contribution in [0.1, 0.15) is 42.6 Å². The fourth-order valence-corrected chi connectivity index (χ4v) is 2.86. The molecule has 0 spiro atoms. The number of nitrogens with one attached hydrogen (secondary N) is 1. The van der Waals surface area contributed by atoms with Crippen LogP contribution in [0.2, 0.25) is 0 Å². The van der Waals surface area contributed by atoms with Crippen molar-refractivity contribution in [2.45, 2.75) is 38.6 Å². The minimum atomic E-state index is -0.315. The lowest BCUT2D eigenvalue weighted by Crippen LogP contribution is -2.27. The van der Waals surface area contributed by atoms with Gasteiger partial charge in [-0.15, -0.1) is 0 Å². The van der Waals surface area contributed by atoms with Crippen LogP contribution in [-0.4, -0.2) is 39.7 Å². The molecule has 0 bridgehead atoms. The Morgan fingerprint density at radius 1 is 1.15 bits per heavy atom. The third kappa shape index (κ3) is 6.14. The number of rotatable bonds is 11. The van der Waals surface area contributed by atoms with Crippen LogP contribution >= 0.6 is 12.6 Å². The molecule has 0 atom stereocenters. The molecule has 0 aliphatic heterocycles. The van der Waals surface area contributed by atoms with Crippen LogP contribution in [0.25, 0.3) is 11.3 Å². The first-order valence-corrected chi connectivity index (χ1v) is 9.62. The summed E-state index contributed by atoms with van der Waals surface area (Å²) in [4.78, 5) is 12.5. The van der Waals surface area contributed by atoms with Crippen molar-refractivity contribution in [1.82, 2.24) is 15.1 Å². The van der Waals surface area contributed by atoms with E-state index >= 15 is 0 Å². The highest BCUT2D eigenvalue weighted by Crippen LogP contribution is 2.20. The highest BCUT2D eigenvalue weighted by molar-refractivity contribution is 7.80. The second-order valence-electron chi connectivity index (χ2n) is 6.12. The minimum absolute atomic E-state index is 0.0257. The zero-order chi connectivity index (χ0) is 18.8. The molecule has 0 fully saturated rings. The van der Waals surface area contributed by atoms with Crippen LogP contribution in [0.5, 0.6) is 0 Å². The number of halogens is 1.